The summed E-state index contributed by atoms with van der Waals surface area (Å²) in [6.45, 7) is 1.95. The highest BCUT2D eigenvalue weighted by molar-refractivity contribution is 7.18. The molecule has 0 fully saturated rings. The molecule has 29 heavy (non-hydrogen) atoms. The van der Waals surface area contributed by atoms with E-state index in [1.165, 1.54) is 22.4 Å². The molecule has 0 bridgehead atoms. The van der Waals surface area contributed by atoms with Crippen LogP contribution in [0.4, 0.5) is 0 Å². The van der Waals surface area contributed by atoms with E-state index in [-0.39, 0.29) is 12.1 Å². The summed E-state index contributed by atoms with van der Waals surface area (Å²) in [5, 5.41) is 13.4. The molecule has 10 heteroatoms. The van der Waals surface area contributed by atoms with Crippen molar-refractivity contribution in [3.8, 4) is 0 Å². The number of hydrogen-bond acceptors (Lipinski definition) is 6. The summed E-state index contributed by atoms with van der Waals surface area (Å²) < 4.78 is 1.08. The molecule has 1 aromatic carbocycles. The van der Waals surface area contributed by atoms with Crippen LogP contribution in [0.25, 0.3) is 10.2 Å². The first-order chi connectivity index (χ1) is 13.9. The Balaban J connectivity index is 1.49. The maximum absolute atomic E-state index is 12.9. The number of halogens is 2. The summed E-state index contributed by atoms with van der Waals surface area (Å²) in [6, 6.07) is 4.98. The molecule has 0 saturated heterocycles. The third-order valence-corrected chi connectivity index (χ3v) is 6.70. The van der Waals surface area contributed by atoms with E-state index in [0.717, 1.165) is 29.5 Å². The fraction of sp³-hybridized carbons (Fsp3) is 0.316. The lowest BCUT2D eigenvalue weighted by atomic mass is 9.89. The van der Waals surface area contributed by atoms with Gasteiger partial charge in [0.2, 0.25) is 0 Å². The second-order valence-electron chi connectivity index (χ2n) is 7.05. The van der Waals surface area contributed by atoms with Crippen molar-refractivity contribution in [1.29, 1.82) is 0 Å². The zero-order chi connectivity index (χ0) is 20.5. The number of fused-ring (bicyclic) bond motifs is 3. The number of aryl methyl sites for hydroxylation is 1. The van der Waals surface area contributed by atoms with Gasteiger partial charge in [0.25, 0.3) is 11.5 Å². The number of nitrogens with zero attached hydrogens (tertiary/aromatic N) is 4. The van der Waals surface area contributed by atoms with Crippen LogP contribution in [0.2, 0.25) is 10.0 Å². The average Bonchev–Trinajstić information content (AvgIpc) is 3.05. The molecular formula is C19H17Cl2N5O2S. The number of hydrogen-bond donors (Lipinski definition) is 1. The molecule has 0 spiro atoms. The molecule has 1 N–H and O–H groups in total. The average molecular weight is 450 g/mol. The minimum absolute atomic E-state index is 0.262. The zero-order valence-electron chi connectivity index (χ0n) is 15.5. The van der Waals surface area contributed by atoms with E-state index < -0.39 is 5.91 Å². The van der Waals surface area contributed by atoms with Crippen LogP contribution < -0.4 is 11.0 Å². The Bertz CT molecular complexity index is 1190. The molecule has 7 nitrogen and oxygen atoms in total. The Hall–Kier alpha value is -2.29. The van der Waals surface area contributed by atoms with Gasteiger partial charge in [0.05, 0.1) is 21.6 Å². The largest absolute Gasteiger partial charge is 0.279 e. The lowest BCUT2D eigenvalue weighted by Gasteiger charge is -2.17. The van der Waals surface area contributed by atoms with Gasteiger partial charge in [-0.1, -0.05) is 41.4 Å². The lowest BCUT2D eigenvalue weighted by Crippen LogP contribution is -2.32. The second kappa shape index (κ2) is 8.22. The first-order valence-corrected chi connectivity index (χ1v) is 10.6. The van der Waals surface area contributed by atoms with E-state index in [9.17, 15) is 9.59 Å². The summed E-state index contributed by atoms with van der Waals surface area (Å²) >= 11 is 13.3. The quantitative estimate of drug-likeness (QED) is 0.487. The van der Waals surface area contributed by atoms with Crippen molar-refractivity contribution < 1.29 is 4.79 Å². The third kappa shape index (κ3) is 4.19. The van der Waals surface area contributed by atoms with Crippen molar-refractivity contribution in [2.45, 2.75) is 32.7 Å². The minimum atomic E-state index is -0.477. The number of benzene rings is 1. The van der Waals surface area contributed by atoms with E-state index in [0.29, 0.717) is 31.7 Å². The monoisotopic (exact) mass is 449 g/mol. The van der Waals surface area contributed by atoms with Gasteiger partial charge in [0.15, 0.2) is 4.83 Å². The van der Waals surface area contributed by atoms with Gasteiger partial charge in [-0.2, -0.15) is 5.10 Å². The maximum Gasteiger partial charge on any atom is 0.279 e. The van der Waals surface area contributed by atoms with E-state index in [1.54, 1.807) is 18.2 Å². The van der Waals surface area contributed by atoms with Gasteiger partial charge in [-0.3, -0.25) is 9.59 Å². The molecule has 0 radical (unpaired) electrons. The number of aromatic nitrogens is 3. The summed E-state index contributed by atoms with van der Waals surface area (Å²) in [7, 11) is 0. The van der Waals surface area contributed by atoms with Crippen LogP contribution >= 0.6 is 34.5 Å². The van der Waals surface area contributed by atoms with Crippen LogP contribution in [0.15, 0.2) is 28.1 Å². The smallest absolute Gasteiger partial charge is 0.271 e. The maximum atomic E-state index is 12.9. The summed E-state index contributed by atoms with van der Waals surface area (Å²) in [4.78, 5) is 26.9. The summed E-state index contributed by atoms with van der Waals surface area (Å²) in [6.07, 6.45) is 4.30. The Morgan fingerprint density at radius 3 is 3.03 bits per heavy atom. The molecule has 0 saturated carbocycles. The van der Waals surface area contributed by atoms with Gasteiger partial charge < -0.3 is 0 Å². The zero-order valence-corrected chi connectivity index (χ0v) is 17.8. The van der Waals surface area contributed by atoms with Gasteiger partial charge in [0.1, 0.15) is 6.54 Å². The van der Waals surface area contributed by atoms with Crippen molar-refractivity contribution in [3.05, 3.63) is 54.6 Å². The van der Waals surface area contributed by atoms with E-state index in [4.69, 9.17) is 23.2 Å². The molecule has 1 unspecified atom stereocenters. The fourth-order valence-corrected chi connectivity index (χ4v) is 4.96. The van der Waals surface area contributed by atoms with Crippen molar-refractivity contribution in [1.82, 2.24) is 20.4 Å². The van der Waals surface area contributed by atoms with Crippen molar-refractivity contribution in [3.63, 3.8) is 0 Å². The van der Waals surface area contributed by atoms with Gasteiger partial charge in [-0.15, -0.1) is 16.4 Å². The van der Waals surface area contributed by atoms with E-state index >= 15 is 0 Å². The normalized spacial score (nSPS) is 16.3. The molecule has 2 aromatic heterocycles. The SMILES string of the molecule is CC1CCc2c(sc3nnn(CC(=O)N/N=C/c4ccc(Cl)c(Cl)c4)c(=O)c23)C1. The first-order valence-electron chi connectivity index (χ1n) is 9.07. The Kier molecular flexibility index (Phi) is 5.67. The molecule has 0 aliphatic heterocycles. The van der Waals surface area contributed by atoms with Crippen LogP contribution in [0.5, 0.6) is 0 Å². The van der Waals surface area contributed by atoms with Gasteiger partial charge >= 0.3 is 0 Å². The van der Waals surface area contributed by atoms with Gasteiger partial charge in [0, 0.05) is 4.88 Å². The molecule has 1 amide bonds. The number of thiophene rings is 1. The highest BCUT2D eigenvalue weighted by atomic mass is 35.5. The molecule has 1 aliphatic rings. The Morgan fingerprint density at radius 2 is 2.24 bits per heavy atom. The number of carbonyl (C=O) groups is 1. The number of carbonyl (C=O) groups excluding carboxylic acids is 1. The summed E-state index contributed by atoms with van der Waals surface area (Å²) in [5.41, 5.74) is 3.84. The Morgan fingerprint density at radius 1 is 1.41 bits per heavy atom. The van der Waals surface area contributed by atoms with Crippen LogP contribution in [0.1, 0.15) is 29.3 Å². The predicted octanol–water partition coefficient (Wildman–Crippen LogP) is 3.43. The third-order valence-electron chi connectivity index (χ3n) is 4.82. The summed E-state index contributed by atoms with van der Waals surface area (Å²) in [5.74, 6) is 0.125. The topological polar surface area (TPSA) is 89.2 Å². The standard InChI is InChI=1S/C19H17Cl2N5O2S/c1-10-2-4-12-15(6-10)29-18-17(12)19(28)26(25-24-18)9-16(27)23-22-8-11-3-5-13(20)14(21)7-11/h3,5,7-8,10H,2,4,6,9H2,1H3,(H,23,27)/b22-8+. The van der Waals surface area contributed by atoms with Gasteiger partial charge in [-0.25, -0.2) is 10.1 Å². The number of nitrogens with one attached hydrogen (secondary N) is 1. The van der Waals surface area contributed by atoms with Gasteiger partial charge in [-0.05, 0) is 48.4 Å². The van der Waals surface area contributed by atoms with Crippen LogP contribution in [-0.2, 0) is 24.2 Å². The second-order valence-corrected chi connectivity index (χ2v) is 8.95. The molecule has 2 heterocycles. The molecular weight excluding hydrogens is 433 g/mol. The molecule has 1 aliphatic carbocycles. The number of amides is 1. The minimum Gasteiger partial charge on any atom is -0.271 e. The molecule has 3 aromatic rings. The van der Waals surface area contributed by atoms with Crippen LogP contribution in [0, 0.1) is 5.92 Å². The fourth-order valence-electron chi connectivity index (χ4n) is 3.34. The van der Waals surface area contributed by atoms with Crippen LogP contribution in [0.3, 0.4) is 0 Å². The lowest BCUT2D eigenvalue weighted by molar-refractivity contribution is -0.121. The van der Waals surface area contributed by atoms with E-state index in [2.05, 4.69) is 27.8 Å². The van der Waals surface area contributed by atoms with Crippen LogP contribution in [-0.4, -0.2) is 27.1 Å². The Labute approximate surface area is 180 Å². The predicted molar refractivity (Wildman–Crippen MR) is 115 cm³/mol. The van der Waals surface area contributed by atoms with E-state index in [1.807, 2.05) is 0 Å². The highest BCUT2D eigenvalue weighted by Gasteiger charge is 2.24. The first kappa shape index (κ1) is 20.0. The van der Waals surface area contributed by atoms with Crippen molar-refractivity contribution >= 4 is 56.9 Å². The molecule has 150 valence electrons. The number of hydrazone groups is 1. The van der Waals surface area contributed by atoms with Crippen molar-refractivity contribution in [2.24, 2.45) is 11.0 Å². The number of rotatable bonds is 4. The van der Waals surface area contributed by atoms with Crippen molar-refractivity contribution in [2.75, 3.05) is 0 Å². The molecule has 4 rings (SSSR count). The highest BCUT2D eigenvalue weighted by Crippen LogP contribution is 2.35. The molecule has 1 atom stereocenters.